The summed E-state index contributed by atoms with van der Waals surface area (Å²) in [6.07, 6.45) is 3.27. The molecule has 2 fully saturated rings. The zero-order valence-corrected chi connectivity index (χ0v) is 17.1. The third-order valence-corrected chi connectivity index (χ3v) is 6.08. The maximum absolute atomic E-state index is 13.6. The van der Waals surface area contributed by atoms with E-state index >= 15 is 0 Å². The van der Waals surface area contributed by atoms with Crippen molar-refractivity contribution >= 4 is 22.5 Å². The highest BCUT2D eigenvalue weighted by molar-refractivity contribution is 5.92. The van der Waals surface area contributed by atoms with Crippen LogP contribution in [0.25, 0.3) is 10.9 Å². The van der Waals surface area contributed by atoms with Crippen LogP contribution in [0.3, 0.4) is 0 Å². The van der Waals surface area contributed by atoms with Crippen LogP contribution >= 0.6 is 0 Å². The molecule has 0 aliphatic carbocycles. The summed E-state index contributed by atoms with van der Waals surface area (Å²) in [5.41, 5.74) is 1.94. The van der Waals surface area contributed by atoms with Crippen molar-refractivity contribution in [3.8, 4) is 5.75 Å². The minimum Gasteiger partial charge on any atom is -0.497 e. The largest absolute Gasteiger partial charge is 0.497 e. The molecule has 1 amide bonds. The molecule has 2 aliphatic rings. The van der Waals surface area contributed by atoms with Crippen LogP contribution in [-0.4, -0.2) is 72.2 Å². The van der Waals surface area contributed by atoms with E-state index in [0.29, 0.717) is 19.0 Å². The lowest BCUT2D eigenvalue weighted by Gasteiger charge is -2.34. The van der Waals surface area contributed by atoms with Crippen molar-refractivity contribution in [3.63, 3.8) is 0 Å². The number of ether oxygens (including phenoxy) is 1. The third kappa shape index (κ3) is 4.45. The first-order valence-corrected chi connectivity index (χ1v) is 10.4. The van der Waals surface area contributed by atoms with Gasteiger partial charge in [0.2, 0.25) is 5.91 Å². The summed E-state index contributed by atoms with van der Waals surface area (Å²) in [6.45, 7) is 4.27. The highest BCUT2D eigenvalue weighted by Gasteiger charge is 2.33. The molecule has 2 aromatic rings. The van der Waals surface area contributed by atoms with Crippen LogP contribution in [0.1, 0.15) is 26.2 Å². The molecule has 29 heavy (non-hydrogen) atoms. The molecule has 4 rings (SSSR count). The van der Waals surface area contributed by atoms with Crippen molar-refractivity contribution in [2.75, 3.05) is 38.6 Å². The summed E-state index contributed by atoms with van der Waals surface area (Å²) < 4.78 is 19.0. The van der Waals surface area contributed by atoms with Crippen molar-refractivity contribution in [2.24, 2.45) is 0 Å². The van der Waals surface area contributed by atoms with Gasteiger partial charge < -0.3 is 15.0 Å². The first-order valence-electron chi connectivity index (χ1n) is 10.4. The number of halogens is 1. The first-order chi connectivity index (χ1) is 14.0. The summed E-state index contributed by atoms with van der Waals surface area (Å²) in [5.74, 6) is 0.835. The first kappa shape index (κ1) is 19.9. The molecule has 2 saturated heterocycles. The van der Waals surface area contributed by atoms with Gasteiger partial charge in [-0.15, -0.1) is 0 Å². The Kier molecular flexibility index (Phi) is 5.85. The van der Waals surface area contributed by atoms with Gasteiger partial charge in [0, 0.05) is 61.0 Å². The summed E-state index contributed by atoms with van der Waals surface area (Å²) in [4.78, 5) is 20.9. The fraction of sp³-hybridized carbons (Fsp3) is 0.545. The Morgan fingerprint density at radius 3 is 2.83 bits per heavy atom. The second kappa shape index (κ2) is 8.53. The smallest absolute Gasteiger partial charge is 0.237 e. The van der Waals surface area contributed by atoms with Gasteiger partial charge in [-0.2, -0.15) is 0 Å². The van der Waals surface area contributed by atoms with Gasteiger partial charge in [-0.3, -0.25) is 14.7 Å². The number of rotatable bonds is 5. The number of pyridine rings is 1. The van der Waals surface area contributed by atoms with Crippen molar-refractivity contribution < 1.29 is 13.9 Å². The number of piperidine rings is 1. The van der Waals surface area contributed by atoms with Gasteiger partial charge in [-0.05, 0) is 31.9 Å². The number of benzene rings is 1. The van der Waals surface area contributed by atoms with Gasteiger partial charge in [0.25, 0.3) is 0 Å². The maximum atomic E-state index is 13.6. The number of anilines is 1. The van der Waals surface area contributed by atoms with Gasteiger partial charge in [0.15, 0.2) is 0 Å². The predicted molar refractivity (Wildman–Crippen MR) is 112 cm³/mol. The molecule has 0 saturated carbocycles. The SMILES string of the molecule is COc1cc(NC2CCN(CC(=O)N3C[C@@H](F)C[C@H]3C)CC2)c2cccnc2c1. The molecule has 6 nitrogen and oxygen atoms in total. The molecule has 0 bridgehead atoms. The molecule has 1 aromatic heterocycles. The maximum Gasteiger partial charge on any atom is 0.237 e. The van der Waals surface area contributed by atoms with Gasteiger partial charge in [0.05, 0.1) is 25.7 Å². The van der Waals surface area contributed by atoms with Crippen LogP contribution in [0.5, 0.6) is 5.75 Å². The van der Waals surface area contributed by atoms with E-state index in [-0.39, 0.29) is 18.5 Å². The standard InChI is InChI=1S/C22H29FN4O2/c1-15-10-16(23)13-27(15)22(28)14-26-8-5-17(6-9-26)25-21-12-18(29-2)11-20-19(21)4-3-7-24-20/h3-4,7,11-12,15-17,25H,5-6,8-10,13-14H2,1-2H3/t15-,16+/m1/s1. The molecule has 156 valence electrons. The lowest BCUT2D eigenvalue weighted by molar-refractivity contribution is -0.133. The summed E-state index contributed by atoms with van der Waals surface area (Å²) in [6, 6.07) is 8.30. The second-order valence-corrected chi connectivity index (χ2v) is 8.17. The number of hydrogen-bond donors (Lipinski definition) is 1. The quantitative estimate of drug-likeness (QED) is 0.836. The predicted octanol–water partition coefficient (Wildman–Crippen LogP) is 3.08. The molecular formula is C22H29FN4O2. The molecule has 3 heterocycles. The Bertz CT molecular complexity index is 869. The number of amides is 1. The number of nitrogens with zero attached hydrogens (tertiary/aromatic N) is 3. The zero-order valence-electron chi connectivity index (χ0n) is 17.1. The Hall–Kier alpha value is -2.41. The molecule has 2 atom stereocenters. The van der Waals surface area contributed by atoms with Crippen LogP contribution in [0.2, 0.25) is 0 Å². The van der Waals surface area contributed by atoms with Crippen molar-refractivity contribution in [1.29, 1.82) is 0 Å². The fourth-order valence-electron chi connectivity index (χ4n) is 4.44. The molecule has 2 aliphatic heterocycles. The highest BCUT2D eigenvalue weighted by atomic mass is 19.1. The van der Waals surface area contributed by atoms with E-state index in [1.54, 1.807) is 18.2 Å². The second-order valence-electron chi connectivity index (χ2n) is 8.17. The number of carbonyl (C=O) groups excluding carboxylic acids is 1. The molecule has 0 spiro atoms. The summed E-state index contributed by atoms with van der Waals surface area (Å²) >= 11 is 0. The summed E-state index contributed by atoms with van der Waals surface area (Å²) in [5, 5.41) is 4.73. The van der Waals surface area contributed by atoms with Gasteiger partial charge >= 0.3 is 0 Å². The van der Waals surface area contributed by atoms with Crippen LogP contribution in [-0.2, 0) is 4.79 Å². The number of alkyl halides is 1. The number of hydrogen-bond acceptors (Lipinski definition) is 5. The minimum atomic E-state index is -0.879. The van der Waals surface area contributed by atoms with E-state index in [0.717, 1.165) is 48.3 Å². The molecular weight excluding hydrogens is 371 g/mol. The monoisotopic (exact) mass is 400 g/mol. The van der Waals surface area contributed by atoms with Gasteiger partial charge in [-0.1, -0.05) is 0 Å². The topological polar surface area (TPSA) is 57.7 Å². The molecule has 7 heteroatoms. The van der Waals surface area contributed by atoms with Gasteiger partial charge in [0.1, 0.15) is 11.9 Å². The fourth-order valence-corrected chi connectivity index (χ4v) is 4.44. The van der Waals surface area contributed by atoms with Crippen LogP contribution < -0.4 is 10.1 Å². The Morgan fingerprint density at radius 2 is 2.14 bits per heavy atom. The average Bonchev–Trinajstić information content (AvgIpc) is 3.07. The lowest BCUT2D eigenvalue weighted by atomic mass is 10.0. The van der Waals surface area contributed by atoms with Crippen LogP contribution in [0.4, 0.5) is 10.1 Å². The number of likely N-dealkylation sites (tertiary alicyclic amines) is 2. The number of fused-ring (bicyclic) bond motifs is 1. The summed E-state index contributed by atoms with van der Waals surface area (Å²) in [7, 11) is 1.66. The number of carbonyl (C=O) groups is 1. The van der Waals surface area contributed by atoms with E-state index in [2.05, 4.69) is 21.3 Å². The van der Waals surface area contributed by atoms with Crippen LogP contribution in [0.15, 0.2) is 30.5 Å². The van der Waals surface area contributed by atoms with E-state index < -0.39 is 6.17 Å². The minimum absolute atomic E-state index is 0.00616. The normalized spacial score (nSPS) is 23.5. The lowest BCUT2D eigenvalue weighted by Crippen LogP contribution is -2.46. The van der Waals surface area contributed by atoms with Crippen LogP contribution in [0, 0.1) is 0 Å². The number of methoxy groups -OCH3 is 1. The Balaban J connectivity index is 1.35. The number of nitrogens with one attached hydrogen (secondary N) is 1. The van der Waals surface area contributed by atoms with Gasteiger partial charge in [-0.25, -0.2) is 4.39 Å². The molecule has 0 unspecified atom stereocenters. The molecule has 1 N–H and O–H groups in total. The molecule has 1 aromatic carbocycles. The van der Waals surface area contributed by atoms with Crippen molar-refractivity contribution in [1.82, 2.24) is 14.8 Å². The molecule has 0 radical (unpaired) electrons. The average molecular weight is 400 g/mol. The Morgan fingerprint density at radius 1 is 1.34 bits per heavy atom. The van der Waals surface area contributed by atoms with E-state index in [9.17, 15) is 9.18 Å². The number of aromatic nitrogens is 1. The van der Waals surface area contributed by atoms with E-state index in [4.69, 9.17) is 4.74 Å². The zero-order chi connectivity index (χ0) is 20.4. The Labute approximate surface area is 171 Å². The third-order valence-electron chi connectivity index (χ3n) is 6.08. The van der Waals surface area contributed by atoms with E-state index in [1.807, 2.05) is 25.1 Å². The van der Waals surface area contributed by atoms with Crippen molar-refractivity contribution in [3.05, 3.63) is 30.5 Å². The highest BCUT2D eigenvalue weighted by Crippen LogP contribution is 2.30. The van der Waals surface area contributed by atoms with Crippen molar-refractivity contribution in [2.45, 2.75) is 44.4 Å². The van der Waals surface area contributed by atoms with E-state index in [1.165, 1.54) is 0 Å².